The fraction of sp³-hybridized carbons (Fsp3) is 1.00. The molecule has 1 N–H and O–H groups in total. The third-order valence-corrected chi connectivity index (χ3v) is 3.80. The van der Waals surface area contributed by atoms with E-state index in [4.69, 9.17) is 0 Å². The number of aliphatic hydroxyl groups is 1. The zero-order chi connectivity index (χ0) is 12.6. The van der Waals surface area contributed by atoms with Gasteiger partial charge in [-0.05, 0) is 43.4 Å². The van der Waals surface area contributed by atoms with Gasteiger partial charge in [0.05, 0.1) is 0 Å². The lowest BCUT2D eigenvalue weighted by Crippen LogP contribution is -2.44. The quantitative estimate of drug-likeness (QED) is 0.634. The first-order chi connectivity index (χ1) is 7.06. The molecule has 0 aromatic carbocycles. The third kappa shape index (κ3) is 2.90. The van der Waals surface area contributed by atoms with Gasteiger partial charge in [0.2, 0.25) is 0 Å². The first kappa shape index (κ1) is 13.8. The molecule has 0 amide bonds. The summed E-state index contributed by atoms with van der Waals surface area (Å²) in [5, 5.41) is 9.65. The van der Waals surface area contributed by atoms with Gasteiger partial charge in [-0.25, -0.2) is 0 Å². The van der Waals surface area contributed by atoms with Crippen molar-refractivity contribution in [3.05, 3.63) is 0 Å². The molecule has 1 aliphatic rings. The van der Waals surface area contributed by atoms with Crippen LogP contribution in [0.25, 0.3) is 0 Å². The van der Waals surface area contributed by atoms with Gasteiger partial charge in [-0.3, -0.25) is 0 Å². The molecular weight excluding hydrogens is 217 g/mol. The van der Waals surface area contributed by atoms with Crippen molar-refractivity contribution in [2.24, 2.45) is 11.3 Å². The van der Waals surface area contributed by atoms with Crippen LogP contribution in [0, 0.1) is 11.3 Å². The second-order valence-electron chi connectivity index (χ2n) is 6.02. The Morgan fingerprint density at radius 3 is 2.06 bits per heavy atom. The van der Waals surface area contributed by atoms with Crippen LogP contribution in [0.2, 0.25) is 0 Å². The van der Waals surface area contributed by atoms with Gasteiger partial charge in [0.25, 0.3) is 0 Å². The fourth-order valence-corrected chi connectivity index (χ4v) is 2.47. The minimum atomic E-state index is -4.49. The molecule has 0 saturated heterocycles. The van der Waals surface area contributed by atoms with Gasteiger partial charge in [-0.1, -0.05) is 20.8 Å². The van der Waals surface area contributed by atoms with Gasteiger partial charge in [0.1, 0.15) is 0 Å². The molecule has 1 saturated carbocycles. The third-order valence-electron chi connectivity index (χ3n) is 3.80. The van der Waals surface area contributed by atoms with E-state index in [9.17, 15) is 18.3 Å². The van der Waals surface area contributed by atoms with Crippen LogP contribution in [0.4, 0.5) is 13.2 Å². The highest BCUT2D eigenvalue weighted by Crippen LogP contribution is 2.45. The van der Waals surface area contributed by atoms with Gasteiger partial charge in [0.15, 0.2) is 5.60 Å². The van der Waals surface area contributed by atoms with E-state index < -0.39 is 11.8 Å². The molecule has 0 aliphatic heterocycles. The summed E-state index contributed by atoms with van der Waals surface area (Å²) in [7, 11) is 0. The molecule has 0 aromatic rings. The molecule has 4 heteroatoms. The molecule has 1 rings (SSSR count). The zero-order valence-electron chi connectivity index (χ0n) is 10.2. The van der Waals surface area contributed by atoms with Gasteiger partial charge >= 0.3 is 6.18 Å². The summed E-state index contributed by atoms with van der Waals surface area (Å²) < 4.78 is 38.0. The van der Waals surface area contributed by atoms with E-state index in [0.717, 1.165) is 6.42 Å². The molecule has 1 aliphatic carbocycles. The molecule has 2 unspecified atom stereocenters. The smallest absolute Gasteiger partial charge is 0.380 e. The van der Waals surface area contributed by atoms with E-state index in [-0.39, 0.29) is 24.2 Å². The largest absolute Gasteiger partial charge is 0.417 e. The van der Waals surface area contributed by atoms with Crippen molar-refractivity contribution >= 4 is 0 Å². The van der Waals surface area contributed by atoms with Crippen molar-refractivity contribution in [3.63, 3.8) is 0 Å². The SMILES string of the molecule is CC(C)(C)C1CCCC(O)(C(F)(F)F)CC1. The van der Waals surface area contributed by atoms with Crippen LogP contribution in [-0.4, -0.2) is 16.9 Å². The predicted octanol–water partition coefficient (Wildman–Crippen LogP) is 3.91. The Morgan fingerprint density at radius 1 is 1.06 bits per heavy atom. The lowest BCUT2D eigenvalue weighted by Gasteiger charge is -2.31. The monoisotopic (exact) mass is 238 g/mol. The molecule has 96 valence electrons. The molecule has 0 bridgehead atoms. The summed E-state index contributed by atoms with van der Waals surface area (Å²) in [6.45, 7) is 6.15. The number of hydrogen-bond acceptors (Lipinski definition) is 1. The van der Waals surface area contributed by atoms with Crippen LogP contribution < -0.4 is 0 Å². The van der Waals surface area contributed by atoms with Crippen molar-refractivity contribution in [2.45, 2.75) is 64.7 Å². The first-order valence-electron chi connectivity index (χ1n) is 5.85. The Morgan fingerprint density at radius 2 is 1.62 bits per heavy atom. The van der Waals surface area contributed by atoms with Crippen LogP contribution in [0.1, 0.15) is 52.9 Å². The van der Waals surface area contributed by atoms with E-state index in [0.29, 0.717) is 12.8 Å². The second-order valence-corrected chi connectivity index (χ2v) is 6.02. The Kier molecular flexibility index (Phi) is 3.63. The molecule has 0 spiro atoms. The Labute approximate surface area is 95.0 Å². The van der Waals surface area contributed by atoms with Crippen molar-refractivity contribution in [1.29, 1.82) is 0 Å². The number of hydrogen-bond donors (Lipinski definition) is 1. The van der Waals surface area contributed by atoms with Gasteiger partial charge in [-0.2, -0.15) is 13.2 Å². The average Bonchev–Trinajstić information content (AvgIpc) is 2.25. The summed E-state index contributed by atoms with van der Waals surface area (Å²) in [5.41, 5.74) is -2.43. The summed E-state index contributed by atoms with van der Waals surface area (Å²) in [5.74, 6) is 0.267. The topological polar surface area (TPSA) is 20.2 Å². The molecule has 2 atom stereocenters. The Bertz CT molecular complexity index is 242. The second kappa shape index (κ2) is 4.21. The molecule has 1 fully saturated rings. The van der Waals surface area contributed by atoms with Gasteiger partial charge in [-0.15, -0.1) is 0 Å². The minimum absolute atomic E-state index is 0.0247. The zero-order valence-corrected chi connectivity index (χ0v) is 10.2. The highest BCUT2D eigenvalue weighted by Gasteiger charge is 2.53. The molecule has 0 radical (unpaired) electrons. The first-order valence-corrected chi connectivity index (χ1v) is 5.85. The molecule has 0 heterocycles. The maximum Gasteiger partial charge on any atom is 0.417 e. The number of alkyl halides is 3. The normalized spacial score (nSPS) is 33.6. The standard InChI is InChI=1S/C12H21F3O/c1-10(2,3)9-5-4-7-11(16,8-6-9)12(13,14)15/h9,16H,4-8H2,1-3H3. The van der Waals surface area contributed by atoms with Crippen LogP contribution in [0.3, 0.4) is 0 Å². The summed E-state index contributed by atoms with van der Waals surface area (Å²) in [6.07, 6.45) is -3.10. The Balaban J connectivity index is 2.73. The lowest BCUT2D eigenvalue weighted by molar-refractivity contribution is -0.264. The van der Waals surface area contributed by atoms with Gasteiger partial charge in [0, 0.05) is 0 Å². The van der Waals surface area contributed by atoms with E-state index in [1.165, 1.54) is 0 Å². The number of rotatable bonds is 0. The van der Waals surface area contributed by atoms with E-state index in [1.807, 2.05) is 0 Å². The van der Waals surface area contributed by atoms with Crippen molar-refractivity contribution in [3.8, 4) is 0 Å². The van der Waals surface area contributed by atoms with Crippen LogP contribution in [0.5, 0.6) is 0 Å². The highest BCUT2D eigenvalue weighted by atomic mass is 19.4. The summed E-state index contributed by atoms with van der Waals surface area (Å²) >= 11 is 0. The number of halogens is 3. The van der Waals surface area contributed by atoms with Crippen molar-refractivity contribution in [1.82, 2.24) is 0 Å². The van der Waals surface area contributed by atoms with Crippen molar-refractivity contribution < 1.29 is 18.3 Å². The fourth-order valence-electron chi connectivity index (χ4n) is 2.47. The molecule has 16 heavy (non-hydrogen) atoms. The lowest BCUT2D eigenvalue weighted by atomic mass is 9.76. The van der Waals surface area contributed by atoms with E-state index in [2.05, 4.69) is 20.8 Å². The van der Waals surface area contributed by atoms with Crippen LogP contribution in [0.15, 0.2) is 0 Å². The average molecular weight is 238 g/mol. The van der Waals surface area contributed by atoms with Crippen molar-refractivity contribution in [2.75, 3.05) is 0 Å². The summed E-state index contributed by atoms with van der Waals surface area (Å²) in [6, 6.07) is 0. The predicted molar refractivity (Wildman–Crippen MR) is 57.0 cm³/mol. The van der Waals surface area contributed by atoms with Gasteiger partial charge < -0.3 is 5.11 Å². The van der Waals surface area contributed by atoms with E-state index in [1.54, 1.807) is 0 Å². The molecular formula is C12H21F3O. The van der Waals surface area contributed by atoms with Crippen LogP contribution >= 0.6 is 0 Å². The maximum atomic E-state index is 12.7. The Hall–Kier alpha value is -0.250. The van der Waals surface area contributed by atoms with E-state index >= 15 is 0 Å². The molecule has 0 aromatic heterocycles. The van der Waals surface area contributed by atoms with Crippen LogP contribution in [-0.2, 0) is 0 Å². The minimum Gasteiger partial charge on any atom is -0.380 e. The maximum absolute atomic E-state index is 12.7. The summed E-state index contributed by atoms with van der Waals surface area (Å²) in [4.78, 5) is 0. The molecule has 1 nitrogen and oxygen atoms in total. The highest BCUT2D eigenvalue weighted by molar-refractivity contribution is 4.91.